The highest BCUT2D eigenvalue weighted by Crippen LogP contribution is 2.11. The number of hydrogen-bond donors (Lipinski definition) is 2. The number of nitrogens with two attached hydrogens (primary N) is 1. The third kappa shape index (κ3) is 3.53. The van der Waals surface area contributed by atoms with E-state index in [0.29, 0.717) is 0 Å². The minimum atomic E-state index is 0.182. The maximum absolute atomic E-state index is 5.22. The predicted molar refractivity (Wildman–Crippen MR) is 63.3 cm³/mol. The zero-order chi connectivity index (χ0) is 10.4. The van der Waals surface area contributed by atoms with Crippen molar-refractivity contribution in [2.45, 2.75) is 12.8 Å². The molecule has 0 bridgehead atoms. The second-order valence-corrected chi connectivity index (χ2v) is 3.39. The second-order valence-electron chi connectivity index (χ2n) is 2.95. The Labute approximate surface area is 89.0 Å². The number of thiocarbonyl (C=S) groups is 1. The van der Waals surface area contributed by atoms with E-state index in [0.717, 1.165) is 0 Å². The minimum absolute atomic E-state index is 0.182. The van der Waals surface area contributed by atoms with Crippen LogP contribution in [0.3, 0.4) is 0 Å². The molecule has 0 aliphatic heterocycles. The average Bonchev–Trinajstić information content (AvgIpc) is 2.18. The van der Waals surface area contributed by atoms with Crippen LogP contribution in [0.4, 0.5) is 0 Å². The van der Waals surface area contributed by atoms with Gasteiger partial charge in [0.1, 0.15) is 0 Å². The molecule has 1 unspecified atom stereocenters. The van der Waals surface area contributed by atoms with Gasteiger partial charge in [-0.2, -0.15) is 5.10 Å². The molecule has 74 valence electrons. The molecule has 1 aromatic rings. The van der Waals surface area contributed by atoms with Crippen molar-refractivity contribution in [3.05, 3.63) is 35.9 Å². The summed E-state index contributed by atoms with van der Waals surface area (Å²) in [6, 6.07) is 10.1. The molecule has 1 aromatic carbocycles. The van der Waals surface area contributed by atoms with Gasteiger partial charge in [-0.25, -0.2) is 0 Å². The second kappa shape index (κ2) is 5.34. The fourth-order valence-corrected chi connectivity index (χ4v) is 1.11. The molecule has 0 heterocycles. The van der Waals surface area contributed by atoms with Crippen LogP contribution in [0.1, 0.15) is 18.4 Å². The molecule has 0 radical (unpaired) electrons. The lowest BCUT2D eigenvalue weighted by Gasteiger charge is -2.04. The summed E-state index contributed by atoms with van der Waals surface area (Å²) in [6.07, 6.45) is 1.77. The van der Waals surface area contributed by atoms with Gasteiger partial charge in [-0.05, 0) is 17.8 Å². The molecule has 0 aliphatic carbocycles. The standard InChI is InChI=1S/C10H13N3S/c1-8(7-12-13-10(11)14)9-5-3-2-4-6-9/h2-8H,1H3,(H3,11,13,14)/b12-7+. The number of hydrogen-bond acceptors (Lipinski definition) is 2. The van der Waals surface area contributed by atoms with Gasteiger partial charge >= 0.3 is 0 Å². The lowest BCUT2D eigenvalue weighted by molar-refractivity contribution is 0.979. The maximum Gasteiger partial charge on any atom is 0.184 e. The van der Waals surface area contributed by atoms with Gasteiger partial charge < -0.3 is 5.73 Å². The molecular formula is C10H13N3S. The van der Waals surface area contributed by atoms with E-state index < -0.39 is 0 Å². The summed E-state index contributed by atoms with van der Waals surface area (Å²) >= 11 is 4.62. The summed E-state index contributed by atoms with van der Waals surface area (Å²) in [5.74, 6) is 0.248. The Morgan fingerprint density at radius 1 is 1.50 bits per heavy atom. The van der Waals surface area contributed by atoms with Crippen molar-refractivity contribution in [1.29, 1.82) is 0 Å². The molecule has 14 heavy (non-hydrogen) atoms. The van der Waals surface area contributed by atoms with Crippen LogP contribution in [-0.4, -0.2) is 11.3 Å². The normalized spacial score (nSPS) is 12.6. The zero-order valence-electron chi connectivity index (χ0n) is 7.97. The topological polar surface area (TPSA) is 50.4 Å². The molecule has 0 spiro atoms. The van der Waals surface area contributed by atoms with Crippen LogP contribution in [0.2, 0.25) is 0 Å². The van der Waals surface area contributed by atoms with E-state index in [1.807, 2.05) is 18.2 Å². The Morgan fingerprint density at radius 3 is 2.71 bits per heavy atom. The summed E-state index contributed by atoms with van der Waals surface area (Å²) in [5.41, 5.74) is 8.96. The van der Waals surface area contributed by atoms with Crippen molar-refractivity contribution in [1.82, 2.24) is 5.43 Å². The molecular weight excluding hydrogens is 194 g/mol. The Hall–Kier alpha value is -1.42. The molecule has 3 nitrogen and oxygen atoms in total. The van der Waals surface area contributed by atoms with Crippen molar-refractivity contribution in [2.75, 3.05) is 0 Å². The lowest BCUT2D eigenvalue weighted by atomic mass is 10.0. The van der Waals surface area contributed by atoms with Gasteiger partial charge in [0.15, 0.2) is 5.11 Å². The maximum atomic E-state index is 5.22. The van der Waals surface area contributed by atoms with Gasteiger partial charge in [0, 0.05) is 12.1 Å². The van der Waals surface area contributed by atoms with Crippen molar-refractivity contribution < 1.29 is 0 Å². The van der Waals surface area contributed by atoms with Crippen LogP contribution in [0.15, 0.2) is 35.4 Å². The van der Waals surface area contributed by atoms with E-state index in [9.17, 15) is 0 Å². The molecule has 3 N–H and O–H groups in total. The van der Waals surface area contributed by atoms with E-state index in [-0.39, 0.29) is 11.0 Å². The van der Waals surface area contributed by atoms with Gasteiger partial charge in [0.05, 0.1) is 0 Å². The molecule has 4 heteroatoms. The minimum Gasteiger partial charge on any atom is -0.375 e. The Kier molecular flexibility index (Phi) is 4.07. The predicted octanol–water partition coefficient (Wildman–Crippen LogP) is 1.61. The average molecular weight is 207 g/mol. The molecule has 0 aromatic heterocycles. The number of rotatable bonds is 3. The molecule has 0 amide bonds. The first-order chi connectivity index (χ1) is 6.70. The molecule has 0 fully saturated rings. The van der Waals surface area contributed by atoms with E-state index in [1.54, 1.807) is 6.21 Å². The first-order valence-electron chi connectivity index (χ1n) is 4.33. The third-order valence-electron chi connectivity index (χ3n) is 1.80. The van der Waals surface area contributed by atoms with Crippen molar-refractivity contribution in [3.63, 3.8) is 0 Å². The third-order valence-corrected chi connectivity index (χ3v) is 1.89. The Bertz CT molecular complexity index is 321. The van der Waals surface area contributed by atoms with Gasteiger partial charge in [-0.3, -0.25) is 5.43 Å². The fraction of sp³-hybridized carbons (Fsp3) is 0.200. The molecule has 0 aliphatic rings. The highest BCUT2D eigenvalue weighted by Gasteiger charge is 1.99. The summed E-state index contributed by atoms with van der Waals surface area (Å²) in [6.45, 7) is 2.06. The first kappa shape index (κ1) is 10.7. The van der Waals surface area contributed by atoms with Crippen molar-refractivity contribution in [3.8, 4) is 0 Å². The van der Waals surface area contributed by atoms with Crippen LogP contribution in [0.5, 0.6) is 0 Å². The number of hydrazone groups is 1. The van der Waals surface area contributed by atoms with Gasteiger partial charge in [0.25, 0.3) is 0 Å². The molecule has 1 rings (SSSR count). The molecule has 0 saturated heterocycles. The van der Waals surface area contributed by atoms with E-state index in [4.69, 9.17) is 5.73 Å². The largest absolute Gasteiger partial charge is 0.375 e. The SMILES string of the molecule is CC(/C=N/NC(N)=S)c1ccccc1. The van der Waals surface area contributed by atoms with Crippen LogP contribution in [0.25, 0.3) is 0 Å². The summed E-state index contributed by atoms with van der Waals surface area (Å²) in [5, 5.41) is 4.09. The first-order valence-corrected chi connectivity index (χ1v) is 4.74. The lowest BCUT2D eigenvalue weighted by Crippen LogP contribution is -2.24. The van der Waals surface area contributed by atoms with E-state index in [2.05, 4.69) is 41.8 Å². The Balaban J connectivity index is 2.54. The van der Waals surface area contributed by atoms with E-state index in [1.165, 1.54) is 5.56 Å². The van der Waals surface area contributed by atoms with E-state index >= 15 is 0 Å². The van der Waals surface area contributed by atoms with Crippen molar-refractivity contribution >= 4 is 23.5 Å². The van der Waals surface area contributed by atoms with Crippen LogP contribution >= 0.6 is 12.2 Å². The quantitative estimate of drug-likeness (QED) is 0.450. The monoisotopic (exact) mass is 207 g/mol. The van der Waals surface area contributed by atoms with Crippen LogP contribution in [0, 0.1) is 0 Å². The highest BCUT2D eigenvalue weighted by molar-refractivity contribution is 7.80. The number of benzene rings is 1. The fourth-order valence-electron chi connectivity index (χ4n) is 1.06. The van der Waals surface area contributed by atoms with Crippen molar-refractivity contribution in [2.24, 2.45) is 10.8 Å². The smallest absolute Gasteiger partial charge is 0.184 e. The Morgan fingerprint density at radius 2 is 2.14 bits per heavy atom. The molecule has 1 atom stereocenters. The number of nitrogens with zero attached hydrogens (tertiary/aromatic N) is 1. The number of nitrogens with one attached hydrogen (secondary N) is 1. The van der Waals surface area contributed by atoms with Crippen LogP contribution < -0.4 is 11.2 Å². The summed E-state index contributed by atoms with van der Waals surface area (Å²) in [7, 11) is 0. The van der Waals surface area contributed by atoms with Gasteiger partial charge in [0.2, 0.25) is 0 Å². The highest BCUT2D eigenvalue weighted by atomic mass is 32.1. The zero-order valence-corrected chi connectivity index (χ0v) is 8.79. The van der Waals surface area contributed by atoms with Gasteiger partial charge in [-0.15, -0.1) is 0 Å². The molecule has 0 saturated carbocycles. The van der Waals surface area contributed by atoms with Crippen LogP contribution in [-0.2, 0) is 0 Å². The summed E-state index contributed by atoms with van der Waals surface area (Å²) < 4.78 is 0. The van der Waals surface area contributed by atoms with Gasteiger partial charge in [-0.1, -0.05) is 37.3 Å². The summed E-state index contributed by atoms with van der Waals surface area (Å²) in [4.78, 5) is 0.